The summed E-state index contributed by atoms with van der Waals surface area (Å²) >= 11 is 0. The van der Waals surface area contributed by atoms with Crippen LogP contribution in [0.5, 0.6) is 0 Å². The average molecular weight is 236 g/mol. The third-order valence-corrected chi connectivity index (χ3v) is 2.71. The molecule has 2 rings (SSSR count). The number of aromatic amines is 1. The van der Waals surface area contributed by atoms with Crippen molar-refractivity contribution >= 4 is 11.8 Å². The monoisotopic (exact) mass is 236 g/mol. The van der Waals surface area contributed by atoms with E-state index >= 15 is 0 Å². The lowest BCUT2D eigenvalue weighted by molar-refractivity contribution is -0.130. The number of hydrogen-bond acceptors (Lipinski definition) is 3. The fraction of sp³-hybridized carbons (Fsp3) is 0.455. The van der Waals surface area contributed by atoms with Gasteiger partial charge in [-0.2, -0.15) is 0 Å². The summed E-state index contributed by atoms with van der Waals surface area (Å²) in [6, 6.07) is 3.41. The van der Waals surface area contributed by atoms with Crippen LogP contribution in [0, 0.1) is 0 Å². The zero-order valence-electron chi connectivity index (χ0n) is 9.53. The topological polar surface area (TPSA) is 77.2 Å². The third kappa shape index (κ3) is 3.07. The van der Waals surface area contributed by atoms with Crippen LogP contribution in [-0.4, -0.2) is 54.4 Å². The molecule has 92 valence electrons. The Bertz CT molecular complexity index is 382. The highest BCUT2D eigenvalue weighted by Gasteiger charge is 2.16. The van der Waals surface area contributed by atoms with Crippen molar-refractivity contribution in [2.24, 2.45) is 0 Å². The van der Waals surface area contributed by atoms with Crippen LogP contribution in [0.3, 0.4) is 0 Å². The van der Waals surface area contributed by atoms with Gasteiger partial charge in [0.05, 0.1) is 6.54 Å². The molecule has 0 aromatic carbocycles. The standard InChI is InChI=1S/C11H16N4O2/c16-10(15-6-4-12-5-7-15)8-14-11(17)9-2-1-3-13-9/h1-3,12-13H,4-8H2,(H,14,17). The Hall–Kier alpha value is -1.82. The van der Waals surface area contributed by atoms with E-state index in [0.29, 0.717) is 18.8 Å². The fourth-order valence-corrected chi connectivity index (χ4v) is 1.75. The number of nitrogens with zero attached hydrogens (tertiary/aromatic N) is 1. The maximum atomic E-state index is 11.7. The van der Waals surface area contributed by atoms with Crippen molar-refractivity contribution in [1.29, 1.82) is 0 Å². The molecule has 1 aromatic heterocycles. The van der Waals surface area contributed by atoms with Crippen molar-refractivity contribution in [3.05, 3.63) is 24.0 Å². The van der Waals surface area contributed by atoms with Gasteiger partial charge in [0.2, 0.25) is 5.91 Å². The molecule has 1 aromatic rings. The molecule has 1 aliphatic heterocycles. The van der Waals surface area contributed by atoms with Crippen LogP contribution in [-0.2, 0) is 4.79 Å². The van der Waals surface area contributed by atoms with E-state index in [0.717, 1.165) is 13.1 Å². The minimum atomic E-state index is -0.251. The maximum absolute atomic E-state index is 11.7. The lowest BCUT2D eigenvalue weighted by Crippen LogP contribution is -2.49. The minimum Gasteiger partial charge on any atom is -0.357 e. The van der Waals surface area contributed by atoms with E-state index in [-0.39, 0.29) is 18.4 Å². The summed E-state index contributed by atoms with van der Waals surface area (Å²) in [5.74, 6) is -0.287. The summed E-state index contributed by atoms with van der Waals surface area (Å²) in [6.07, 6.45) is 1.67. The molecule has 2 heterocycles. The predicted octanol–water partition coefficient (Wildman–Crippen LogP) is -0.824. The van der Waals surface area contributed by atoms with Crippen molar-refractivity contribution in [2.45, 2.75) is 0 Å². The smallest absolute Gasteiger partial charge is 0.268 e. The number of nitrogens with one attached hydrogen (secondary N) is 3. The molecule has 0 aliphatic carbocycles. The van der Waals surface area contributed by atoms with E-state index in [1.54, 1.807) is 23.2 Å². The molecule has 6 heteroatoms. The molecule has 6 nitrogen and oxygen atoms in total. The number of amides is 2. The SMILES string of the molecule is O=C(NCC(=O)N1CCNCC1)c1ccc[nH]1. The van der Waals surface area contributed by atoms with Gasteiger partial charge in [-0.3, -0.25) is 9.59 Å². The van der Waals surface area contributed by atoms with Crippen LogP contribution in [0.25, 0.3) is 0 Å². The van der Waals surface area contributed by atoms with Crippen LogP contribution in [0.4, 0.5) is 0 Å². The Morgan fingerprint density at radius 1 is 1.35 bits per heavy atom. The molecule has 17 heavy (non-hydrogen) atoms. The normalized spacial score (nSPS) is 15.6. The first-order valence-corrected chi connectivity index (χ1v) is 5.67. The Kier molecular flexibility index (Phi) is 3.77. The second-order valence-electron chi connectivity index (χ2n) is 3.90. The maximum Gasteiger partial charge on any atom is 0.268 e. The van der Waals surface area contributed by atoms with Gasteiger partial charge < -0.3 is 20.5 Å². The molecule has 1 aliphatic rings. The van der Waals surface area contributed by atoms with Crippen LogP contribution in [0.1, 0.15) is 10.5 Å². The van der Waals surface area contributed by atoms with Crippen LogP contribution >= 0.6 is 0 Å². The van der Waals surface area contributed by atoms with Gasteiger partial charge in [-0.25, -0.2) is 0 Å². The zero-order valence-corrected chi connectivity index (χ0v) is 9.53. The summed E-state index contributed by atoms with van der Waals surface area (Å²) in [5, 5.41) is 5.77. The number of carbonyl (C=O) groups excluding carboxylic acids is 2. The summed E-state index contributed by atoms with van der Waals surface area (Å²) < 4.78 is 0. The molecule has 0 radical (unpaired) electrons. The molecule has 0 atom stereocenters. The van der Waals surface area contributed by atoms with Gasteiger partial charge in [-0.05, 0) is 12.1 Å². The van der Waals surface area contributed by atoms with E-state index in [4.69, 9.17) is 0 Å². The first-order chi connectivity index (χ1) is 8.27. The summed E-state index contributed by atoms with van der Waals surface area (Å²) in [7, 11) is 0. The van der Waals surface area contributed by atoms with Crippen LogP contribution in [0.2, 0.25) is 0 Å². The highest BCUT2D eigenvalue weighted by molar-refractivity contribution is 5.94. The zero-order chi connectivity index (χ0) is 12.1. The van der Waals surface area contributed by atoms with E-state index < -0.39 is 0 Å². The van der Waals surface area contributed by atoms with E-state index in [1.165, 1.54) is 0 Å². The number of carbonyl (C=O) groups is 2. The fourth-order valence-electron chi connectivity index (χ4n) is 1.75. The van der Waals surface area contributed by atoms with Gasteiger partial charge in [-0.15, -0.1) is 0 Å². The van der Waals surface area contributed by atoms with Crippen molar-refractivity contribution in [1.82, 2.24) is 20.5 Å². The van der Waals surface area contributed by atoms with Gasteiger partial charge in [0.25, 0.3) is 5.91 Å². The quantitative estimate of drug-likeness (QED) is 0.641. The Balaban J connectivity index is 1.77. The molecule has 1 fully saturated rings. The molecule has 2 amide bonds. The second kappa shape index (κ2) is 5.49. The van der Waals surface area contributed by atoms with E-state index in [2.05, 4.69) is 15.6 Å². The van der Waals surface area contributed by atoms with Crippen molar-refractivity contribution < 1.29 is 9.59 Å². The summed E-state index contributed by atoms with van der Waals surface area (Å²) in [5.41, 5.74) is 0.470. The molecule has 0 spiro atoms. The lowest BCUT2D eigenvalue weighted by Gasteiger charge is -2.27. The number of H-pyrrole nitrogens is 1. The largest absolute Gasteiger partial charge is 0.357 e. The molecule has 0 unspecified atom stereocenters. The predicted molar refractivity (Wildman–Crippen MR) is 62.6 cm³/mol. The highest BCUT2D eigenvalue weighted by Crippen LogP contribution is 1.95. The first-order valence-electron chi connectivity index (χ1n) is 5.67. The van der Waals surface area contributed by atoms with Gasteiger partial charge in [0.15, 0.2) is 0 Å². The molecular formula is C11H16N4O2. The first kappa shape index (κ1) is 11.7. The highest BCUT2D eigenvalue weighted by atomic mass is 16.2. The van der Waals surface area contributed by atoms with Gasteiger partial charge in [0, 0.05) is 32.4 Å². The molecule has 3 N–H and O–H groups in total. The van der Waals surface area contributed by atoms with Gasteiger partial charge in [-0.1, -0.05) is 0 Å². The lowest BCUT2D eigenvalue weighted by atomic mass is 10.3. The number of hydrogen-bond donors (Lipinski definition) is 3. The van der Waals surface area contributed by atoms with E-state index in [9.17, 15) is 9.59 Å². The Morgan fingerprint density at radius 2 is 2.12 bits per heavy atom. The average Bonchev–Trinajstić information content (AvgIpc) is 2.90. The van der Waals surface area contributed by atoms with Gasteiger partial charge in [0.1, 0.15) is 5.69 Å². The number of piperazine rings is 1. The van der Waals surface area contributed by atoms with Crippen molar-refractivity contribution in [2.75, 3.05) is 32.7 Å². The molecule has 0 bridgehead atoms. The molecule has 0 saturated carbocycles. The number of rotatable bonds is 3. The molecular weight excluding hydrogens is 220 g/mol. The van der Waals surface area contributed by atoms with Crippen molar-refractivity contribution in [3.8, 4) is 0 Å². The van der Waals surface area contributed by atoms with Crippen LogP contribution < -0.4 is 10.6 Å². The Morgan fingerprint density at radius 3 is 2.76 bits per heavy atom. The van der Waals surface area contributed by atoms with E-state index in [1.807, 2.05) is 0 Å². The summed E-state index contributed by atoms with van der Waals surface area (Å²) in [6.45, 7) is 3.10. The van der Waals surface area contributed by atoms with Gasteiger partial charge >= 0.3 is 0 Å². The molecule has 1 saturated heterocycles. The Labute approximate surface area is 99.4 Å². The summed E-state index contributed by atoms with van der Waals surface area (Å²) in [4.78, 5) is 27.9. The van der Waals surface area contributed by atoms with Crippen LogP contribution in [0.15, 0.2) is 18.3 Å². The minimum absolute atomic E-state index is 0.0357. The van der Waals surface area contributed by atoms with Crippen molar-refractivity contribution in [3.63, 3.8) is 0 Å². The second-order valence-corrected chi connectivity index (χ2v) is 3.90. The third-order valence-electron chi connectivity index (χ3n) is 2.71. The number of aromatic nitrogens is 1.